The molecular formula is C24H29N3O5S. The van der Waals surface area contributed by atoms with E-state index < -0.39 is 23.5 Å². The molecule has 1 aromatic carbocycles. The number of ketones is 1. The molecule has 1 aromatic heterocycles. The molecule has 9 heteroatoms. The maximum atomic E-state index is 13.5. The van der Waals surface area contributed by atoms with Gasteiger partial charge in [0.2, 0.25) is 11.7 Å². The highest BCUT2D eigenvalue weighted by molar-refractivity contribution is 7.14. The minimum Gasteiger partial charge on any atom is -0.868 e. The van der Waals surface area contributed by atoms with Crippen LogP contribution < -0.4 is 14.7 Å². The van der Waals surface area contributed by atoms with Gasteiger partial charge in [0, 0.05) is 18.5 Å². The number of Topliss-reactive ketones (excluding diaryl/α,β-unsaturated/α-hetero) is 1. The lowest BCUT2D eigenvalue weighted by Crippen LogP contribution is -3.14. The monoisotopic (exact) mass is 471 g/mol. The van der Waals surface area contributed by atoms with Crippen molar-refractivity contribution in [2.24, 2.45) is 0 Å². The van der Waals surface area contributed by atoms with Gasteiger partial charge in [-0.2, -0.15) is 0 Å². The Morgan fingerprint density at radius 1 is 1.27 bits per heavy atom. The lowest BCUT2D eigenvalue weighted by atomic mass is 9.95. The van der Waals surface area contributed by atoms with E-state index in [1.165, 1.54) is 16.2 Å². The van der Waals surface area contributed by atoms with Gasteiger partial charge in [0.1, 0.15) is 18.8 Å². The van der Waals surface area contributed by atoms with Gasteiger partial charge in [-0.05, 0) is 37.3 Å². The summed E-state index contributed by atoms with van der Waals surface area (Å²) >= 11 is 1.26. The molecule has 33 heavy (non-hydrogen) atoms. The van der Waals surface area contributed by atoms with Crippen molar-refractivity contribution in [2.75, 3.05) is 46.5 Å². The zero-order chi connectivity index (χ0) is 23.5. The molecule has 1 N–H and O–H groups in total. The summed E-state index contributed by atoms with van der Waals surface area (Å²) < 4.78 is 10.7. The maximum Gasteiger partial charge on any atom is 0.239 e. The van der Waals surface area contributed by atoms with Crippen LogP contribution in [0.4, 0.5) is 0 Å². The van der Waals surface area contributed by atoms with E-state index >= 15 is 0 Å². The third-order valence-corrected chi connectivity index (χ3v) is 7.27. The number of morpholine rings is 1. The first kappa shape index (κ1) is 23.4. The minimum absolute atomic E-state index is 0.00985. The van der Waals surface area contributed by atoms with Crippen LogP contribution in [0.5, 0.6) is 5.75 Å². The standard InChI is InChI=1S/C24H29N3O5S/c1-15-23(33-16(2)25-15)21(28)19-20(17-5-7-18(31-3)8-6-17)27(24(30)22(19)29)10-4-9-26-11-13-32-14-12-26/h5-8,20,29H,4,9-14H2,1-3H3. The number of methoxy groups -OCH3 is 1. The van der Waals surface area contributed by atoms with Crippen molar-refractivity contribution in [1.29, 1.82) is 0 Å². The number of nitrogens with zero attached hydrogens (tertiary/aromatic N) is 2. The van der Waals surface area contributed by atoms with Gasteiger partial charge in [-0.1, -0.05) is 12.1 Å². The van der Waals surface area contributed by atoms with Crippen LogP contribution in [0.25, 0.3) is 0 Å². The summed E-state index contributed by atoms with van der Waals surface area (Å²) in [5.41, 5.74) is 1.31. The summed E-state index contributed by atoms with van der Waals surface area (Å²) in [6, 6.07) is 6.47. The van der Waals surface area contributed by atoms with Gasteiger partial charge in [0.15, 0.2) is 0 Å². The molecule has 4 rings (SSSR count). The van der Waals surface area contributed by atoms with Gasteiger partial charge in [0.05, 0.1) is 48.5 Å². The fraction of sp³-hybridized carbons (Fsp3) is 0.458. The van der Waals surface area contributed by atoms with Crippen LogP contribution in [0.1, 0.15) is 38.4 Å². The number of aromatic nitrogens is 1. The Balaban J connectivity index is 1.63. The SMILES string of the molecule is COc1ccc(C2C(C(=O)c3sc(C)nc3C)=C([O-])C(=O)N2CCC[NH+]2CCOCC2)cc1. The van der Waals surface area contributed by atoms with Crippen molar-refractivity contribution in [3.63, 3.8) is 0 Å². The molecule has 1 atom stereocenters. The molecule has 0 spiro atoms. The number of quaternary nitrogens is 1. The first-order chi connectivity index (χ1) is 15.9. The van der Waals surface area contributed by atoms with Gasteiger partial charge in [-0.15, -0.1) is 11.3 Å². The highest BCUT2D eigenvalue weighted by Crippen LogP contribution is 2.39. The number of rotatable bonds is 8. The second-order valence-electron chi connectivity index (χ2n) is 8.36. The third-order valence-electron chi connectivity index (χ3n) is 6.20. The molecule has 3 heterocycles. The number of aryl methyl sites for hydroxylation is 2. The first-order valence-corrected chi connectivity index (χ1v) is 12.0. The Bertz CT molecular complexity index is 1060. The second-order valence-corrected chi connectivity index (χ2v) is 9.56. The summed E-state index contributed by atoms with van der Waals surface area (Å²) in [6.45, 7) is 8.22. The molecule has 2 aliphatic rings. The number of nitrogens with one attached hydrogen (secondary N) is 1. The number of ether oxygens (including phenoxy) is 2. The van der Waals surface area contributed by atoms with Crippen LogP contribution >= 0.6 is 11.3 Å². The summed E-state index contributed by atoms with van der Waals surface area (Å²) in [6.07, 6.45) is 0.737. The van der Waals surface area contributed by atoms with E-state index in [1.54, 1.807) is 31.1 Å². The fourth-order valence-corrected chi connectivity index (χ4v) is 5.38. The molecule has 0 radical (unpaired) electrons. The largest absolute Gasteiger partial charge is 0.868 e. The van der Waals surface area contributed by atoms with E-state index in [1.807, 2.05) is 19.1 Å². The Hall–Kier alpha value is -2.75. The number of thiazole rings is 1. The molecular weight excluding hydrogens is 442 g/mol. The van der Waals surface area contributed by atoms with Crippen LogP contribution in [0.15, 0.2) is 35.6 Å². The van der Waals surface area contributed by atoms with Crippen molar-refractivity contribution in [3.8, 4) is 5.75 Å². The van der Waals surface area contributed by atoms with Gasteiger partial charge < -0.3 is 24.4 Å². The highest BCUT2D eigenvalue weighted by Gasteiger charge is 2.40. The van der Waals surface area contributed by atoms with Crippen LogP contribution in [0.2, 0.25) is 0 Å². The smallest absolute Gasteiger partial charge is 0.239 e. The normalized spacial score (nSPS) is 19.4. The Morgan fingerprint density at radius 2 is 1.97 bits per heavy atom. The fourth-order valence-electron chi connectivity index (χ4n) is 4.51. The zero-order valence-corrected chi connectivity index (χ0v) is 20.0. The maximum absolute atomic E-state index is 13.5. The number of hydrogen-bond donors (Lipinski definition) is 1. The van der Waals surface area contributed by atoms with Crippen LogP contribution in [-0.4, -0.2) is 68.1 Å². The highest BCUT2D eigenvalue weighted by atomic mass is 32.1. The third kappa shape index (κ3) is 4.80. The number of carbonyl (C=O) groups is 2. The molecule has 1 unspecified atom stereocenters. The lowest BCUT2D eigenvalue weighted by Gasteiger charge is -2.29. The molecule has 2 aliphatic heterocycles. The van der Waals surface area contributed by atoms with E-state index in [4.69, 9.17) is 9.47 Å². The molecule has 1 saturated heterocycles. The van der Waals surface area contributed by atoms with Crippen molar-refractivity contribution < 1.29 is 29.1 Å². The molecule has 0 saturated carbocycles. The summed E-state index contributed by atoms with van der Waals surface area (Å²) in [7, 11) is 1.58. The van der Waals surface area contributed by atoms with Gasteiger partial charge in [-0.3, -0.25) is 9.59 Å². The summed E-state index contributed by atoms with van der Waals surface area (Å²) in [4.78, 5) is 34.3. The second kappa shape index (κ2) is 10.0. The van der Waals surface area contributed by atoms with Crippen molar-refractivity contribution in [1.82, 2.24) is 9.88 Å². The van der Waals surface area contributed by atoms with Gasteiger partial charge in [-0.25, -0.2) is 4.98 Å². The zero-order valence-electron chi connectivity index (χ0n) is 19.2. The molecule has 176 valence electrons. The Kier molecular flexibility index (Phi) is 7.11. The van der Waals surface area contributed by atoms with Crippen LogP contribution in [0, 0.1) is 13.8 Å². The minimum atomic E-state index is -0.718. The predicted molar refractivity (Wildman–Crippen MR) is 121 cm³/mol. The average Bonchev–Trinajstić information content (AvgIpc) is 3.29. The van der Waals surface area contributed by atoms with E-state index in [0.717, 1.165) is 49.8 Å². The number of amides is 1. The summed E-state index contributed by atoms with van der Waals surface area (Å²) in [5.74, 6) is -1.07. The number of benzene rings is 1. The van der Waals surface area contributed by atoms with Crippen molar-refractivity contribution in [2.45, 2.75) is 26.3 Å². The first-order valence-electron chi connectivity index (χ1n) is 11.2. The number of hydrogen-bond acceptors (Lipinski definition) is 7. The van der Waals surface area contributed by atoms with Crippen molar-refractivity contribution >= 4 is 23.0 Å². The Morgan fingerprint density at radius 3 is 2.58 bits per heavy atom. The lowest BCUT2D eigenvalue weighted by molar-refractivity contribution is -0.908. The molecule has 1 fully saturated rings. The molecule has 2 aromatic rings. The molecule has 0 aliphatic carbocycles. The van der Waals surface area contributed by atoms with E-state index in [0.29, 0.717) is 22.9 Å². The van der Waals surface area contributed by atoms with E-state index in [2.05, 4.69) is 4.98 Å². The van der Waals surface area contributed by atoms with Crippen LogP contribution in [0.3, 0.4) is 0 Å². The summed E-state index contributed by atoms with van der Waals surface area (Å²) in [5, 5.41) is 13.9. The molecule has 8 nitrogen and oxygen atoms in total. The number of carbonyl (C=O) groups excluding carboxylic acids is 2. The van der Waals surface area contributed by atoms with Gasteiger partial charge >= 0.3 is 0 Å². The van der Waals surface area contributed by atoms with Gasteiger partial charge in [0.25, 0.3) is 0 Å². The van der Waals surface area contributed by atoms with E-state index in [-0.39, 0.29) is 5.57 Å². The molecule has 1 amide bonds. The molecule has 0 bridgehead atoms. The predicted octanol–water partition coefficient (Wildman–Crippen LogP) is 0.454. The van der Waals surface area contributed by atoms with Crippen molar-refractivity contribution in [3.05, 3.63) is 56.7 Å². The quantitative estimate of drug-likeness (QED) is 0.562. The Labute approximate surface area is 197 Å². The topological polar surface area (TPSA) is 96.2 Å². The van der Waals surface area contributed by atoms with E-state index in [9.17, 15) is 14.7 Å². The van der Waals surface area contributed by atoms with Crippen LogP contribution in [-0.2, 0) is 9.53 Å². The average molecular weight is 472 g/mol.